The Morgan fingerprint density at radius 1 is 1.09 bits per heavy atom. The van der Waals surface area contributed by atoms with Crippen LogP contribution in [0.3, 0.4) is 0 Å². The summed E-state index contributed by atoms with van der Waals surface area (Å²) in [6.45, 7) is 5.73. The Hall–Kier alpha value is -3.68. The third kappa shape index (κ3) is 5.26. The number of terminal acetylenes is 1. The number of halogens is 2. The summed E-state index contributed by atoms with van der Waals surface area (Å²) in [6, 6.07) is 11.1. The highest BCUT2D eigenvalue weighted by Gasteiger charge is 2.51. The third-order valence-electron chi connectivity index (χ3n) is 10.9. The lowest BCUT2D eigenvalue weighted by Gasteiger charge is -2.35. The molecule has 2 bridgehead atoms. The lowest BCUT2D eigenvalue weighted by Crippen LogP contribution is -2.51. The van der Waals surface area contributed by atoms with Crippen molar-refractivity contribution in [2.75, 3.05) is 50.8 Å². The van der Waals surface area contributed by atoms with E-state index in [-0.39, 0.29) is 33.9 Å². The summed E-state index contributed by atoms with van der Waals surface area (Å²) < 4.78 is 29.4. The van der Waals surface area contributed by atoms with Crippen molar-refractivity contribution in [3.05, 3.63) is 52.8 Å². The second-order valence-electron chi connectivity index (χ2n) is 14.4. The first kappa shape index (κ1) is 29.5. The Morgan fingerprint density at radius 3 is 2.64 bits per heavy atom. The number of morpholine rings is 1. The Bertz CT molecular complexity index is 1960. The van der Waals surface area contributed by atoms with E-state index in [1.54, 1.807) is 24.3 Å². The van der Waals surface area contributed by atoms with Gasteiger partial charge in [0.2, 0.25) is 0 Å². The van der Waals surface area contributed by atoms with Crippen molar-refractivity contribution < 1.29 is 19.0 Å². The number of ether oxygens (including phenoxy) is 2. The summed E-state index contributed by atoms with van der Waals surface area (Å²) in [5, 5.41) is 16.6. The van der Waals surface area contributed by atoms with Crippen molar-refractivity contribution in [2.24, 2.45) is 5.41 Å². The van der Waals surface area contributed by atoms with Crippen LogP contribution in [0.15, 0.2) is 36.4 Å². The Balaban J connectivity index is 1.11. The first-order valence-electron chi connectivity index (χ1n) is 16.7. The third-order valence-corrected chi connectivity index (χ3v) is 11.2. The second-order valence-corrected chi connectivity index (χ2v) is 14.8. The quantitative estimate of drug-likeness (QED) is 0.239. The number of rotatable bonds is 7. The van der Waals surface area contributed by atoms with Gasteiger partial charge in [0.25, 0.3) is 0 Å². The maximum absolute atomic E-state index is 17.0. The zero-order valence-corrected chi connectivity index (χ0v) is 27.0. The van der Waals surface area contributed by atoms with Gasteiger partial charge in [-0.15, -0.1) is 6.42 Å². The molecule has 3 aliphatic heterocycles. The summed E-state index contributed by atoms with van der Waals surface area (Å²) in [7, 11) is 0. The molecule has 4 aromatic rings. The lowest BCUT2D eigenvalue weighted by molar-refractivity contribution is -0.0532. The maximum Gasteiger partial charge on any atom is 0.319 e. The molecule has 2 aliphatic carbocycles. The number of piperazine rings is 1. The van der Waals surface area contributed by atoms with Gasteiger partial charge in [-0.05, 0) is 73.7 Å². The number of aromatic nitrogens is 2. The fraction of sp³-hybridized carbons (Fsp3) is 0.459. The Morgan fingerprint density at radius 2 is 1.89 bits per heavy atom. The van der Waals surface area contributed by atoms with Crippen LogP contribution in [-0.4, -0.2) is 83.6 Å². The van der Waals surface area contributed by atoms with E-state index in [9.17, 15) is 5.11 Å². The van der Waals surface area contributed by atoms with E-state index < -0.39 is 5.82 Å². The molecule has 2 N–H and O–H groups in total. The fourth-order valence-electron chi connectivity index (χ4n) is 8.10. The Labute approximate surface area is 278 Å². The van der Waals surface area contributed by atoms with E-state index in [4.69, 9.17) is 37.5 Å². The summed E-state index contributed by atoms with van der Waals surface area (Å²) in [6.07, 6.45) is 12.6. The molecule has 3 saturated heterocycles. The molecule has 5 fully saturated rings. The van der Waals surface area contributed by atoms with Crippen LogP contribution in [0.1, 0.15) is 44.1 Å². The molecule has 1 aromatic heterocycles. The van der Waals surface area contributed by atoms with Crippen molar-refractivity contribution in [3.8, 4) is 35.2 Å². The van der Waals surface area contributed by atoms with Crippen molar-refractivity contribution >= 4 is 39.1 Å². The molecule has 0 amide bonds. The molecule has 2 unspecified atom stereocenters. The number of anilines is 1. The van der Waals surface area contributed by atoms with Crippen LogP contribution in [0.5, 0.6) is 11.8 Å². The monoisotopic (exact) mass is 653 g/mol. The first-order valence-corrected chi connectivity index (χ1v) is 17.1. The zero-order valence-electron chi connectivity index (χ0n) is 26.2. The molecule has 2 atom stereocenters. The fourth-order valence-corrected chi connectivity index (χ4v) is 8.32. The molecular weight excluding hydrogens is 617 g/mol. The Kier molecular flexibility index (Phi) is 6.85. The standard InChI is InChI=1S/C37H37ClFN5O3/c1-2-26-30(38)8-3-22-15-25(45)16-29(31(22)26)27-6-7-28-33(32(27)39)41-35(42-34(28)44-17-23-4-5-24(18-44)40-23)46-21-36(9-10-36)19-43-13-14-47-37(20-43)11-12-37/h1,3,6-8,15-16,23-24,40,45H,4-5,9-14,17-21H2. The van der Waals surface area contributed by atoms with Gasteiger partial charge in [0.05, 0.1) is 29.4 Å². The van der Waals surface area contributed by atoms with Gasteiger partial charge in [-0.3, -0.25) is 4.90 Å². The average molecular weight is 654 g/mol. The minimum atomic E-state index is -0.520. The molecular formula is C37H37ClFN5O3. The van der Waals surface area contributed by atoms with Gasteiger partial charge in [0, 0.05) is 66.6 Å². The van der Waals surface area contributed by atoms with Crippen LogP contribution in [-0.2, 0) is 4.74 Å². The second kappa shape index (κ2) is 10.9. The smallest absolute Gasteiger partial charge is 0.319 e. The van der Waals surface area contributed by atoms with Gasteiger partial charge < -0.3 is 24.8 Å². The number of phenols is 1. The number of hydrogen-bond acceptors (Lipinski definition) is 8. The number of phenolic OH excluding ortho intramolecular Hbond substituents is 1. The first-order chi connectivity index (χ1) is 22.8. The molecule has 0 radical (unpaired) electrons. The number of aromatic hydroxyl groups is 1. The number of fused-ring (bicyclic) bond motifs is 4. The van der Waals surface area contributed by atoms with E-state index in [0.29, 0.717) is 56.8 Å². The van der Waals surface area contributed by atoms with E-state index in [1.165, 1.54) is 6.07 Å². The summed E-state index contributed by atoms with van der Waals surface area (Å²) in [4.78, 5) is 14.5. The summed E-state index contributed by atoms with van der Waals surface area (Å²) in [5.74, 6) is 2.84. The minimum Gasteiger partial charge on any atom is -0.508 e. The van der Waals surface area contributed by atoms with Gasteiger partial charge >= 0.3 is 6.01 Å². The number of nitrogens with zero attached hydrogens (tertiary/aromatic N) is 4. The van der Waals surface area contributed by atoms with Crippen molar-refractivity contribution in [1.29, 1.82) is 0 Å². The topological polar surface area (TPSA) is 83.0 Å². The summed E-state index contributed by atoms with van der Waals surface area (Å²) >= 11 is 6.49. The maximum atomic E-state index is 17.0. The SMILES string of the molecule is C#Cc1c(Cl)ccc2cc(O)cc(-c3ccc4c(N5CC6CCC(C5)N6)nc(OCC5(CN6CCOC7(CC7)C6)CC5)nc4c3F)c12. The van der Waals surface area contributed by atoms with E-state index >= 15 is 4.39 Å². The predicted molar refractivity (Wildman–Crippen MR) is 181 cm³/mol. The molecule has 1 spiro atoms. The summed E-state index contributed by atoms with van der Waals surface area (Å²) in [5.41, 5.74) is 1.48. The van der Waals surface area contributed by atoms with Crippen LogP contribution in [0.25, 0.3) is 32.8 Å². The molecule has 4 heterocycles. The lowest BCUT2D eigenvalue weighted by atomic mass is 9.93. The zero-order chi connectivity index (χ0) is 31.9. The van der Waals surface area contributed by atoms with Gasteiger partial charge in [-0.2, -0.15) is 9.97 Å². The van der Waals surface area contributed by atoms with Crippen LogP contribution in [0.2, 0.25) is 5.02 Å². The molecule has 10 heteroatoms. The normalized spacial score (nSPS) is 24.1. The van der Waals surface area contributed by atoms with E-state index in [2.05, 4.69) is 21.0 Å². The van der Waals surface area contributed by atoms with Gasteiger partial charge in [-0.25, -0.2) is 4.39 Å². The van der Waals surface area contributed by atoms with Crippen LogP contribution in [0, 0.1) is 23.6 Å². The number of nitrogens with one attached hydrogen (secondary N) is 1. The van der Waals surface area contributed by atoms with Crippen molar-refractivity contribution in [3.63, 3.8) is 0 Å². The number of benzene rings is 3. The molecule has 3 aromatic carbocycles. The molecule has 8 nitrogen and oxygen atoms in total. The predicted octanol–water partition coefficient (Wildman–Crippen LogP) is 5.89. The molecule has 5 aliphatic rings. The van der Waals surface area contributed by atoms with Gasteiger partial charge in [0.1, 0.15) is 17.1 Å². The average Bonchev–Trinajstić information content (AvgIpc) is 3.98. The molecule has 47 heavy (non-hydrogen) atoms. The molecule has 9 rings (SSSR count). The van der Waals surface area contributed by atoms with Crippen LogP contribution in [0.4, 0.5) is 10.2 Å². The molecule has 242 valence electrons. The van der Waals surface area contributed by atoms with Crippen molar-refractivity contribution in [1.82, 2.24) is 20.2 Å². The number of hydrogen-bond donors (Lipinski definition) is 2. The van der Waals surface area contributed by atoms with Gasteiger partial charge in [-0.1, -0.05) is 29.7 Å². The van der Waals surface area contributed by atoms with Crippen molar-refractivity contribution in [2.45, 2.75) is 56.2 Å². The van der Waals surface area contributed by atoms with E-state index in [1.807, 2.05) is 6.07 Å². The largest absolute Gasteiger partial charge is 0.508 e. The highest BCUT2D eigenvalue weighted by atomic mass is 35.5. The van der Waals surface area contributed by atoms with Crippen LogP contribution >= 0.6 is 11.6 Å². The highest BCUT2D eigenvalue weighted by Crippen LogP contribution is 2.49. The van der Waals surface area contributed by atoms with E-state index in [0.717, 1.165) is 77.9 Å². The molecule has 2 saturated carbocycles. The van der Waals surface area contributed by atoms with Crippen LogP contribution < -0.4 is 15.0 Å². The minimum absolute atomic E-state index is 0.00332. The highest BCUT2D eigenvalue weighted by molar-refractivity contribution is 6.33. The van der Waals surface area contributed by atoms with Gasteiger partial charge in [0.15, 0.2) is 5.82 Å².